The highest BCUT2D eigenvalue weighted by atomic mass is 16.2. The Labute approximate surface area is 174 Å². The molecular weight excluding hydrogens is 380 g/mol. The molecule has 2 amide bonds. The normalized spacial score (nSPS) is 16.2. The fourth-order valence-electron chi connectivity index (χ4n) is 3.79. The average Bonchev–Trinajstić information content (AvgIpc) is 3.22. The zero-order valence-electron chi connectivity index (χ0n) is 17.3. The van der Waals surface area contributed by atoms with Crippen LogP contribution in [0, 0.1) is 19.8 Å². The van der Waals surface area contributed by atoms with E-state index < -0.39 is 5.92 Å². The van der Waals surface area contributed by atoms with Gasteiger partial charge >= 0.3 is 0 Å². The first kappa shape index (κ1) is 19.7. The lowest BCUT2D eigenvalue weighted by Crippen LogP contribution is -2.29. The van der Waals surface area contributed by atoms with Gasteiger partial charge in [-0.15, -0.1) is 0 Å². The van der Waals surface area contributed by atoms with E-state index in [1.807, 2.05) is 61.5 Å². The molecule has 0 saturated carbocycles. The van der Waals surface area contributed by atoms with Crippen LogP contribution in [0.3, 0.4) is 0 Å². The molecule has 1 aliphatic rings. The first-order valence-corrected chi connectivity index (χ1v) is 9.88. The summed E-state index contributed by atoms with van der Waals surface area (Å²) in [5, 5.41) is 2.78. The van der Waals surface area contributed by atoms with Crippen LogP contribution < -0.4 is 15.8 Å². The number of hydrogen-bond acceptors (Lipinski definition) is 3. The molecule has 0 bridgehead atoms. The average molecular weight is 404 g/mol. The first-order chi connectivity index (χ1) is 14.4. The Morgan fingerprint density at radius 2 is 1.63 bits per heavy atom. The van der Waals surface area contributed by atoms with Crippen LogP contribution in [0.5, 0.6) is 0 Å². The van der Waals surface area contributed by atoms with E-state index >= 15 is 0 Å². The molecule has 1 N–H and O–H groups in total. The SMILES string of the molecule is Cc1ccc(N2C[C@H](C(=O)Nc3c(C)n(C)n(-c4ccccc4)c3=O)CC2=O)cc1. The zero-order valence-corrected chi connectivity index (χ0v) is 17.3. The van der Waals surface area contributed by atoms with Gasteiger partial charge in [-0.1, -0.05) is 35.9 Å². The van der Waals surface area contributed by atoms with Crippen LogP contribution in [0.25, 0.3) is 5.69 Å². The minimum Gasteiger partial charge on any atom is -0.320 e. The molecule has 2 aromatic carbocycles. The predicted molar refractivity (Wildman–Crippen MR) is 116 cm³/mol. The molecule has 0 aliphatic carbocycles. The first-order valence-electron chi connectivity index (χ1n) is 9.88. The second-order valence-corrected chi connectivity index (χ2v) is 7.67. The maximum absolute atomic E-state index is 13.0. The number of nitrogens with one attached hydrogen (secondary N) is 1. The fourth-order valence-corrected chi connectivity index (χ4v) is 3.79. The van der Waals surface area contributed by atoms with Gasteiger partial charge in [-0.3, -0.25) is 19.1 Å². The number of carbonyl (C=O) groups excluding carboxylic acids is 2. The van der Waals surface area contributed by atoms with Crippen LogP contribution in [-0.2, 0) is 16.6 Å². The lowest BCUT2D eigenvalue weighted by atomic mass is 10.1. The van der Waals surface area contributed by atoms with Gasteiger partial charge in [-0.2, -0.15) is 0 Å². The molecule has 0 radical (unpaired) electrons. The molecule has 3 aromatic rings. The predicted octanol–water partition coefficient (Wildman–Crippen LogP) is 2.78. The van der Waals surface area contributed by atoms with Crippen molar-refractivity contribution in [3.63, 3.8) is 0 Å². The van der Waals surface area contributed by atoms with Gasteiger partial charge in [-0.25, -0.2) is 4.68 Å². The minimum absolute atomic E-state index is 0.0921. The number of nitrogens with zero attached hydrogens (tertiary/aromatic N) is 3. The summed E-state index contributed by atoms with van der Waals surface area (Å²) in [6.07, 6.45) is 0.123. The summed E-state index contributed by atoms with van der Waals surface area (Å²) in [7, 11) is 1.78. The third-order valence-electron chi connectivity index (χ3n) is 5.64. The zero-order chi connectivity index (χ0) is 21.4. The van der Waals surface area contributed by atoms with Gasteiger partial charge in [0, 0.05) is 25.7 Å². The molecule has 1 aromatic heterocycles. The number of amides is 2. The molecule has 2 heterocycles. The molecule has 1 atom stereocenters. The summed E-state index contributed by atoms with van der Waals surface area (Å²) in [5.41, 5.74) is 3.20. The van der Waals surface area contributed by atoms with E-state index in [4.69, 9.17) is 0 Å². The van der Waals surface area contributed by atoms with Crippen molar-refractivity contribution in [2.45, 2.75) is 20.3 Å². The van der Waals surface area contributed by atoms with Gasteiger partial charge in [0.15, 0.2) is 0 Å². The highest BCUT2D eigenvalue weighted by molar-refractivity contribution is 6.03. The second kappa shape index (κ2) is 7.67. The summed E-state index contributed by atoms with van der Waals surface area (Å²) in [4.78, 5) is 40.0. The van der Waals surface area contributed by atoms with Gasteiger partial charge in [0.2, 0.25) is 11.8 Å². The minimum atomic E-state index is -0.511. The lowest BCUT2D eigenvalue weighted by Gasteiger charge is -2.16. The number of para-hydroxylation sites is 1. The third kappa shape index (κ3) is 3.43. The van der Waals surface area contributed by atoms with Crippen molar-refractivity contribution in [2.75, 3.05) is 16.8 Å². The standard InChI is InChI=1S/C23H24N4O3/c1-15-9-11-18(12-10-15)26-14-17(13-20(26)28)22(29)24-21-16(2)25(3)27(23(21)30)19-7-5-4-6-8-19/h4-12,17H,13-14H2,1-3H3,(H,24,29)/t17-/m1/s1. The quantitative estimate of drug-likeness (QED) is 0.727. The molecule has 0 unspecified atom stereocenters. The molecule has 4 rings (SSSR count). The molecule has 154 valence electrons. The van der Waals surface area contributed by atoms with Crippen LogP contribution in [-0.4, -0.2) is 27.7 Å². The summed E-state index contributed by atoms with van der Waals surface area (Å²) in [6.45, 7) is 4.07. The van der Waals surface area contributed by atoms with Gasteiger partial charge in [-0.05, 0) is 38.1 Å². The Balaban J connectivity index is 1.56. The smallest absolute Gasteiger partial charge is 0.295 e. The Morgan fingerprint density at radius 3 is 2.30 bits per heavy atom. The van der Waals surface area contributed by atoms with Crippen molar-refractivity contribution in [1.29, 1.82) is 0 Å². The monoisotopic (exact) mass is 404 g/mol. The van der Waals surface area contributed by atoms with E-state index in [0.29, 0.717) is 12.2 Å². The highest BCUT2D eigenvalue weighted by Gasteiger charge is 2.36. The molecule has 0 spiro atoms. The number of anilines is 2. The van der Waals surface area contributed by atoms with Crippen LogP contribution in [0.2, 0.25) is 0 Å². The second-order valence-electron chi connectivity index (χ2n) is 7.67. The van der Waals surface area contributed by atoms with E-state index in [1.165, 1.54) is 4.68 Å². The number of hydrogen-bond donors (Lipinski definition) is 1. The molecule has 1 saturated heterocycles. The van der Waals surface area contributed by atoms with Crippen LogP contribution in [0.4, 0.5) is 11.4 Å². The summed E-state index contributed by atoms with van der Waals surface area (Å²) in [6, 6.07) is 16.9. The van der Waals surface area contributed by atoms with Crippen molar-refractivity contribution in [2.24, 2.45) is 13.0 Å². The van der Waals surface area contributed by atoms with E-state index in [9.17, 15) is 14.4 Å². The van der Waals surface area contributed by atoms with Gasteiger partial charge < -0.3 is 10.2 Å². The number of carbonyl (C=O) groups is 2. The molecule has 1 aliphatic heterocycles. The number of benzene rings is 2. The molecule has 7 nitrogen and oxygen atoms in total. The van der Waals surface area contributed by atoms with Gasteiger partial charge in [0.25, 0.3) is 5.56 Å². The molecule has 30 heavy (non-hydrogen) atoms. The van der Waals surface area contributed by atoms with Gasteiger partial charge in [0.05, 0.1) is 17.3 Å². The molecular formula is C23H24N4O3. The lowest BCUT2D eigenvalue weighted by molar-refractivity contribution is -0.122. The van der Waals surface area contributed by atoms with Crippen molar-refractivity contribution in [1.82, 2.24) is 9.36 Å². The van der Waals surface area contributed by atoms with Gasteiger partial charge in [0.1, 0.15) is 5.69 Å². The van der Waals surface area contributed by atoms with Crippen molar-refractivity contribution in [3.05, 3.63) is 76.2 Å². The van der Waals surface area contributed by atoms with Crippen LogP contribution in [0.1, 0.15) is 17.7 Å². The van der Waals surface area contributed by atoms with Crippen molar-refractivity contribution in [3.8, 4) is 5.69 Å². The van der Waals surface area contributed by atoms with E-state index in [2.05, 4.69) is 5.32 Å². The topological polar surface area (TPSA) is 76.3 Å². The van der Waals surface area contributed by atoms with Crippen molar-refractivity contribution < 1.29 is 9.59 Å². The Morgan fingerprint density at radius 1 is 0.967 bits per heavy atom. The Bertz CT molecular complexity index is 1160. The number of aryl methyl sites for hydroxylation is 1. The number of aromatic nitrogens is 2. The maximum atomic E-state index is 13.0. The summed E-state index contributed by atoms with van der Waals surface area (Å²) < 4.78 is 3.23. The third-order valence-corrected chi connectivity index (χ3v) is 5.64. The maximum Gasteiger partial charge on any atom is 0.295 e. The van der Waals surface area contributed by atoms with Crippen LogP contribution in [0.15, 0.2) is 59.4 Å². The fraction of sp³-hybridized carbons (Fsp3) is 0.261. The Hall–Kier alpha value is -3.61. The molecule has 7 heteroatoms. The summed E-state index contributed by atoms with van der Waals surface area (Å²) in [5.74, 6) is -0.919. The summed E-state index contributed by atoms with van der Waals surface area (Å²) >= 11 is 0. The highest BCUT2D eigenvalue weighted by Crippen LogP contribution is 2.26. The van der Waals surface area contributed by atoms with E-state index in [-0.39, 0.29) is 29.5 Å². The largest absolute Gasteiger partial charge is 0.320 e. The van der Waals surface area contributed by atoms with E-state index in [0.717, 1.165) is 16.9 Å². The number of rotatable bonds is 4. The Kier molecular flexibility index (Phi) is 5.03. The van der Waals surface area contributed by atoms with Crippen molar-refractivity contribution >= 4 is 23.2 Å². The molecule has 1 fully saturated rings. The van der Waals surface area contributed by atoms with Crippen LogP contribution >= 0.6 is 0 Å². The van der Waals surface area contributed by atoms with E-state index in [1.54, 1.807) is 23.6 Å².